The number of hydrogen-bond donors (Lipinski definition) is 1. The van der Waals surface area contributed by atoms with Crippen LogP contribution in [0.25, 0.3) is 11.6 Å². The quantitative estimate of drug-likeness (QED) is 0.644. The molecule has 0 radical (unpaired) electrons. The summed E-state index contributed by atoms with van der Waals surface area (Å²) in [7, 11) is 0. The van der Waals surface area contributed by atoms with Crippen molar-refractivity contribution in [1.29, 1.82) is 0 Å². The molecule has 4 rings (SSSR count). The lowest BCUT2D eigenvalue weighted by molar-refractivity contribution is -0.384. The van der Waals surface area contributed by atoms with Gasteiger partial charge < -0.3 is 5.32 Å². The van der Waals surface area contributed by atoms with E-state index >= 15 is 0 Å². The summed E-state index contributed by atoms with van der Waals surface area (Å²) in [5.74, 6) is -0.112. The van der Waals surface area contributed by atoms with Crippen LogP contribution in [-0.4, -0.2) is 10.8 Å². The summed E-state index contributed by atoms with van der Waals surface area (Å²) in [6.45, 7) is 0. The van der Waals surface area contributed by atoms with E-state index in [1.54, 1.807) is 18.2 Å². The molecular weight excluding hydrogens is 268 g/mol. The molecule has 1 heterocycles. The Kier molecular flexibility index (Phi) is 2.27. The molecule has 1 amide bonds. The smallest absolute Gasteiger partial charge is 0.270 e. The van der Waals surface area contributed by atoms with Gasteiger partial charge in [-0.2, -0.15) is 0 Å². The van der Waals surface area contributed by atoms with Gasteiger partial charge in [-0.05, 0) is 40.5 Å². The largest absolute Gasteiger partial charge is 0.341 e. The number of nitrogens with one attached hydrogen (secondary N) is 1. The Labute approximate surface area is 120 Å². The molecule has 1 aliphatic heterocycles. The van der Waals surface area contributed by atoms with Crippen molar-refractivity contribution in [3.63, 3.8) is 0 Å². The fourth-order valence-corrected chi connectivity index (χ4v) is 3.01. The van der Waals surface area contributed by atoms with E-state index < -0.39 is 4.92 Å². The predicted octanol–water partition coefficient (Wildman–Crippen LogP) is 2.93. The standard InChI is InChI=1S/C16H10N2O3/c19-16-13-4-2-1-3-12(13)14-8-9-7-10(18(20)21)5-6-11(9)15(14)17-16/h1-8,15H,(H,17,19). The first-order valence-corrected chi connectivity index (χ1v) is 6.55. The lowest BCUT2D eigenvalue weighted by atomic mass is 9.90. The molecule has 0 spiro atoms. The summed E-state index contributed by atoms with van der Waals surface area (Å²) in [4.78, 5) is 22.6. The monoisotopic (exact) mass is 278 g/mol. The van der Waals surface area contributed by atoms with Crippen molar-refractivity contribution >= 4 is 23.2 Å². The minimum Gasteiger partial charge on any atom is -0.341 e. The zero-order chi connectivity index (χ0) is 14.6. The van der Waals surface area contributed by atoms with Gasteiger partial charge in [0.1, 0.15) is 0 Å². The fraction of sp³-hybridized carbons (Fsp3) is 0.0625. The summed E-state index contributed by atoms with van der Waals surface area (Å²) < 4.78 is 0. The summed E-state index contributed by atoms with van der Waals surface area (Å²) in [5.41, 5.74) is 4.27. The lowest BCUT2D eigenvalue weighted by Gasteiger charge is -2.25. The number of non-ortho nitro benzene ring substituents is 1. The first-order chi connectivity index (χ1) is 10.1. The second-order valence-corrected chi connectivity index (χ2v) is 5.12. The highest BCUT2D eigenvalue weighted by molar-refractivity contribution is 6.08. The SMILES string of the molecule is O=C1NC2C(=Cc3cc([N+](=O)[O-])ccc32)c2ccccc21. The number of hydrogen-bond acceptors (Lipinski definition) is 3. The molecule has 0 aromatic heterocycles. The van der Waals surface area contributed by atoms with E-state index in [0.29, 0.717) is 5.56 Å². The predicted molar refractivity (Wildman–Crippen MR) is 77.6 cm³/mol. The van der Waals surface area contributed by atoms with E-state index in [0.717, 1.165) is 22.3 Å². The molecule has 1 unspecified atom stereocenters. The van der Waals surface area contributed by atoms with Crippen LogP contribution >= 0.6 is 0 Å². The maximum atomic E-state index is 12.2. The number of nitro groups is 1. The Morgan fingerprint density at radius 2 is 1.86 bits per heavy atom. The third kappa shape index (κ3) is 1.61. The van der Waals surface area contributed by atoms with Gasteiger partial charge in [0.2, 0.25) is 0 Å². The number of carbonyl (C=O) groups excluding carboxylic acids is 1. The third-order valence-electron chi connectivity index (χ3n) is 3.97. The van der Waals surface area contributed by atoms with Crippen LogP contribution in [0.3, 0.4) is 0 Å². The zero-order valence-electron chi connectivity index (χ0n) is 10.9. The van der Waals surface area contributed by atoms with Crippen LogP contribution in [0.5, 0.6) is 0 Å². The molecule has 21 heavy (non-hydrogen) atoms. The minimum absolute atomic E-state index is 0.0591. The highest BCUT2D eigenvalue weighted by Gasteiger charge is 2.34. The van der Waals surface area contributed by atoms with Crippen molar-refractivity contribution in [1.82, 2.24) is 5.32 Å². The van der Waals surface area contributed by atoms with Crippen LogP contribution < -0.4 is 5.32 Å². The second kappa shape index (κ2) is 4.02. The van der Waals surface area contributed by atoms with E-state index in [1.807, 2.05) is 24.3 Å². The highest BCUT2D eigenvalue weighted by Crippen LogP contribution is 2.44. The maximum Gasteiger partial charge on any atom is 0.270 e. The number of benzene rings is 2. The number of carbonyl (C=O) groups is 1. The average molecular weight is 278 g/mol. The van der Waals surface area contributed by atoms with Gasteiger partial charge in [-0.15, -0.1) is 0 Å². The van der Waals surface area contributed by atoms with Gasteiger partial charge in [-0.25, -0.2) is 0 Å². The highest BCUT2D eigenvalue weighted by atomic mass is 16.6. The molecule has 0 saturated heterocycles. The normalized spacial score (nSPS) is 18.2. The van der Waals surface area contributed by atoms with E-state index in [4.69, 9.17) is 0 Å². The van der Waals surface area contributed by atoms with Crippen LogP contribution in [0.2, 0.25) is 0 Å². The van der Waals surface area contributed by atoms with Crippen LogP contribution in [0, 0.1) is 10.1 Å². The molecule has 0 saturated carbocycles. The van der Waals surface area contributed by atoms with Gasteiger partial charge in [0.25, 0.3) is 11.6 Å². The fourth-order valence-electron chi connectivity index (χ4n) is 3.01. The summed E-state index contributed by atoms with van der Waals surface area (Å²) in [6.07, 6.45) is 1.92. The van der Waals surface area contributed by atoms with Crippen molar-refractivity contribution in [2.45, 2.75) is 6.04 Å². The second-order valence-electron chi connectivity index (χ2n) is 5.12. The molecular formula is C16H10N2O3. The summed E-state index contributed by atoms with van der Waals surface area (Å²) in [5, 5.41) is 13.8. The van der Waals surface area contributed by atoms with Gasteiger partial charge >= 0.3 is 0 Å². The number of fused-ring (bicyclic) bond motifs is 5. The third-order valence-corrected chi connectivity index (χ3v) is 3.97. The first kappa shape index (κ1) is 11.8. The number of rotatable bonds is 1. The summed E-state index contributed by atoms with van der Waals surface area (Å²) in [6, 6.07) is 11.9. The van der Waals surface area contributed by atoms with E-state index in [9.17, 15) is 14.9 Å². The van der Waals surface area contributed by atoms with Crippen LogP contribution in [0.4, 0.5) is 5.69 Å². The van der Waals surface area contributed by atoms with Gasteiger partial charge in [0.15, 0.2) is 0 Å². The lowest BCUT2D eigenvalue weighted by Crippen LogP contribution is -2.33. The number of nitrogens with zero attached hydrogens (tertiary/aromatic N) is 1. The Balaban J connectivity index is 1.91. The molecule has 2 aliphatic rings. The van der Waals surface area contributed by atoms with Gasteiger partial charge in [0.05, 0.1) is 11.0 Å². The number of amides is 1. The van der Waals surface area contributed by atoms with Crippen molar-refractivity contribution in [2.24, 2.45) is 0 Å². The molecule has 1 atom stereocenters. The number of nitro benzene ring substituents is 1. The van der Waals surface area contributed by atoms with Crippen LogP contribution in [0.15, 0.2) is 42.5 Å². The molecule has 102 valence electrons. The zero-order valence-corrected chi connectivity index (χ0v) is 10.9. The molecule has 0 bridgehead atoms. The Bertz CT molecular complexity index is 839. The molecule has 1 N–H and O–H groups in total. The van der Waals surface area contributed by atoms with Crippen molar-refractivity contribution in [3.05, 3.63) is 74.8 Å². The molecule has 2 aromatic rings. The van der Waals surface area contributed by atoms with E-state index in [1.165, 1.54) is 6.07 Å². The van der Waals surface area contributed by atoms with Gasteiger partial charge in [-0.1, -0.05) is 18.2 Å². The topological polar surface area (TPSA) is 72.2 Å². The van der Waals surface area contributed by atoms with E-state index in [2.05, 4.69) is 5.32 Å². The first-order valence-electron chi connectivity index (χ1n) is 6.55. The van der Waals surface area contributed by atoms with Crippen molar-refractivity contribution < 1.29 is 9.72 Å². The van der Waals surface area contributed by atoms with Gasteiger partial charge in [0, 0.05) is 17.7 Å². The van der Waals surface area contributed by atoms with Crippen LogP contribution in [0.1, 0.15) is 33.1 Å². The van der Waals surface area contributed by atoms with Crippen molar-refractivity contribution in [2.75, 3.05) is 0 Å². The van der Waals surface area contributed by atoms with Gasteiger partial charge in [-0.3, -0.25) is 14.9 Å². The average Bonchev–Trinajstić information content (AvgIpc) is 2.85. The molecule has 1 aliphatic carbocycles. The maximum absolute atomic E-state index is 12.2. The Morgan fingerprint density at radius 1 is 1.10 bits per heavy atom. The minimum atomic E-state index is -0.409. The molecule has 5 heteroatoms. The molecule has 2 aromatic carbocycles. The van der Waals surface area contributed by atoms with Crippen molar-refractivity contribution in [3.8, 4) is 0 Å². The van der Waals surface area contributed by atoms with E-state index in [-0.39, 0.29) is 17.6 Å². The van der Waals surface area contributed by atoms with Crippen LogP contribution in [-0.2, 0) is 0 Å². The molecule has 5 nitrogen and oxygen atoms in total. The summed E-state index contributed by atoms with van der Waals surface area (Å²) >= 11 is 0. The Hall–Kier alpha value is -2.95. The Morgan fingerprint density at radius 3 is 2.62 bits per heavy atom. The molecule has 0 fully saturated rings.